The molecular formula is C31H32SiZr. The van der Waals surface area contributed by atoms with Gasteiger partial charge < -0.3 is 13.8 Å². The summed E-state index contributed by atoms with van der Waals surface area (Å²) < 4.78 is 0. The summed E-state index contributed by atoms with van der Waals surface area (Å²) in [6.45, 7) is 2.25. The van der Waals surface area contributed by atoms with Gasteiger partial charge in [-0.25, -0.2) is 0 Å². The van der Waals surface area contributed by atoms with Gasteiger partial charge in [0.25, 0.3) is 0 Å². The van der Waals surface area contributed by atoms with Crippen molar-refractivity contribution in [1.82, 2.24) is 0 Å². The van der Waals surface area contributed by atoms with Crippen molar-refractivity contribution < 1.29 is 26.2 Å². The molecule has 0 N–H and O–H groups in total. The maximum Gasteiger partial charge on any atom is 2.00 e. The van der Waals surface area contributed by atoms with Gasteiger partial charge in [0, 0.05) is 9.52 Å². The van der Waals surface area contributed by atoms with E-state index in [-0.39, 0.29) is 33.6 Å². The molecule has 164 valence electrons. The molecule has 3 aromatic rings. The molecule has 2 atom stereocenters. The Bertz CT molecular complexity index is 1100. The second-order valence-electron chi connectivity index (χ2n) is 8.70. The second kappa shape index (κ2) is 12.1. The van der Waals surface area contributed by atoms with Crippen molar-refractivity contribution in [1.29, 1.82) is 0 Å². The second-order valence-corrected chi connectivity index (χ2v) is 10.2. The molecular weight excluding hydrogens is 492 g/mol. The number of allylic oxidation sites excluding steroid dienone is 2. The molecule has 0 nitrogen and oxygen atoms in total. The number of fused-ring (bicyclic) bond motifs is 2. The maximum absolute atomic E-state index is 2.51. The van der Waals surface area contributed by atoms with Gasteiger partial charge in [-0.2, -0.15) is 0 Å². The Balaban J connectivity index is 0.000000391. The molecule has 2 unspecified atom stereocenters. The predicted octanol–water partition coefficient (Wildman–Crippen LogP) is 8.64. The molecule has 2 aliphatic carbocycles. The molecule has 3 aromatic carbocycles. The van der Waals surface area contributed by atoms with Crippen LogP contribution in [0.15, 0.2) is 84.4 Å². The van der Waals surface area contributed by atoms with Gasteiger partial charge in [-0.15, -0.1) is 17.9 Å². The van der Waals surface area contributed by atoms with Crippen LogP contribution in [-0.4, -0.2) is 9.52 Å². The molecule has 0 bridgehead atoms. The monoisotopic (exact) mass is 522 g/mol. The zero-order valence-electron chi connectivity index (χ0n) is 19.7. The van der Waals surface area contributed by atoms with E-state index < -0.39 is 0 Å². The third-order valence-corrected chi connectivity index (χ3v) is 8.03. The van der Waals surface area contributed by atoms with Crippen molar-refractivity contribution in [3.8, 4) is 11.1 Å². The number of benzene rings is 3. The standard InChI is InChI=1S/C26H21.C4H8Si.CH3.Zr/c1-18-16-20-10-5-6-11-24(20)26(18)17-21-14-15-25-22(12-7-13-23(21)25)19-8-3-2-4-9-19;1-2-4-5-3-1;;/h2-17,21,26H,1H3;1-4H2;1H3;/q-1;;-1;+2. The van der Waals surface area contributed by atoms with Gasteiger partial charge in [0.2, 0.25) is 0 Å². The molecule has 1 saturated heterocycles. The summed E-state index contributed by atoms with van der Waals surface area (Å²) in [6.07, 6.45) is 12.5. The van der Waals surface area contributed by atoms with Crippen LogP contribution >= 0.6 is 0 Å². The molecule has 2 radical (unpaired) electrons. The normalized spacial score (nSPS) is 19.4. The van der Waals surface area contributed by atoms with E-state index in [2.05, 4.69) is 104 Å². The van der Waals surface area contributed by atoms with Crippen molar-refractivity contribution in [3.63, 3.8) is 0 Å². The summed E-state index contributed by atoms with van der Waals surface area (Å²) in [4.78, 5) is 0. The minimum Gasteiger partial charge on any atom is -0.358 e. The molecule has 3 aliphatic rings. The van der Waals surface area contributed by atoms with E-state index in [1.165, 1.54) is 73.4 Å². The number of hydrogen-bond donors (Lipinski definition) is 0. The first-order valence-electron chi connectivity index (χ1n) is 11.5. The van der Waals surface area contributed by atoms with Gasteiger partial charge in [-0.05, 0) is 29.2 Å². The largest absolute Gasteiger partial charge is 2.00 e. The third kappa shape index (κ3) is 5.67. The predicted molar refractivity (Wildman–Crippen MR) is 142 cm³/mol. The van der Waals surface area contributed by atoms with Gasteiger partial charge in [-0.1, -0.05) is 127 Å². The summed E-state index contributed by atoms with van der Waals surface area (Å²) in [7, 11) is 1.31. The fraction of sp³-hybridized carbons (Fsp3) is 0.226. The minimum absolute atomic E-state index is 0. The molecule has 0 amide bonds. The molecule has 0 spiro atoms. The molecule has 2 heteroatoms. The molecule has 1 fully saturated rings. The fourth-order valence-corrected chi connectivity index (χ4v) is 6.24. The van der Waals surface area contributed by atoms with E-state index in [0.29, 0.717) is 11.8 Å². The topological polar surface area (TPSA) is 0 Å². The Hall–Kier alpha value is -1.76. The van der Waals surface area contributed by atoms with Crippen LogP contribution in [0.4, 0.5) is 0 Å². The van der Waals surface area contributed by atoms with E-state index in [4.69, 9.17) is 0 Å². The van der Waals surface area contributed by atoms with Crippen LogP contribution in [-0.2, 0) is 26.2 Å². The first-order chi connectivity index (χ1) is 15.3. The first kappa shape index (κ1) is 25.9. The first-order valence-corrected chi connectivity index (χ1v) is 12.9. The van der Waals surface area contributed by atoms with E-state index >= 15 is 0 Å². The van der Waals surface area contributed by atoms with Crippen LogP contribution in [0.2, 0.25) is 12.1 Å². The fourth-order valence-electron chi connectivity index (χ4n) is 4.99. The van der Waals surface area contributed by atoms with Crippen LogP contribution in [0, 0.1) is 13.8 Å². The number of hydrogen-bond acceptors (Lipinski definition) is 0. The van der Waals surface area contributed by atoms with Gasteiger partial charge in [-0.3, -0.25) is 0 Å². The van der Waals surface area contributed by atoms with Gasteiger partial charge in [0.1, 0.15) is 0 Å². The molecule has 0 aromatic heterocycles. The summed E-state index contributed by atoms with van der Waals surface area (Å²) in [5.41, 5.74) is 9.65. The van der Waals surface area contributed by atoms with Crippen molar-refractivity contribution in [2.75, 3.05) is 0 Å². The summed E-state index contributed by atoms with van der Waals surface area (Å²) in [5.74, 6) is 0.778. The molecule has 1 aliphatic heterocycles. The molecule has 6 rings (SSSR count). The zero-order valence-corrected chi connectivity index (χ0v) is 23.2. The Morgan fingerprint density at radius 1 is 0.818 bits per heavy atom. The van der Waals surface area contributed by atoms with Crippen LogP contribution in [0.1, 0.15) is 53.9 Å². The van der Waals surface area contributed by atoms with Crippen molar-refractivity contribution in [3.05, 3.63) is 121 Å². The smallest absolute Gasteiger partial charge is 0.358 e. The van der Waals surface area contributed by atoms with Gasteiger partial charge >= 0.3 is 26.2 Å². The quantitative estimate of drug-likeness (QED) is 0.238. The average molecular weight is 524 g/mol. The summed E-state index contributed by atoms with van der Waals surface area (Å²) in [6, 6.07) is 29.2. The van der Waals surface area contributed by atoms with Gasteiger partial charge in [0.05, 0.1) is 0 Å². The summed E-state index contributed by atoms with van der Waals surface area (Å²) in [5, 5.41) is 0. The Kier molecular flexibility index (Phi) is 9.47. The molecule has 0 saturated carbocycles. The van der Waals surface area contributed by atoms with E-state index in [1.807, 2.05) is 0 Å². The molecule has 1 heterocycles. The van der Waals surface area contributed by atoms with Crippen LogP contribution < -0.4 is 0 Å². The van der Waals surface area contributed by atoms with Crippen LogP contribution in [0.5, 0.6) is 0 Å². The van der Waals surface area contributed by atoms with Crippen molar-refractivity contribution in [2.45, 2.75) is 43.7 Å². The number of rotatable bonds is 3. The van der Waals surface area contributed by atoms with Crippen LogP contribution in [0.25, 0.3) is 23.3 Å². The average Bonchev–Trinajstić information content (AvgIpc) is 3.57. The van der Waals surface area contributed by atoms with Gasteiger partial charge in [0.15, 0.2) is 0 Å². The minimum atomic E-state index is 0. The molecule has 33 heavy (non-hydrogen) atoms. The van der Waals surface area contributed by atoms with Crippen molar-refractivity contribution >= 4 is 21.7 Å². The third-order valence-electron chi connectivity index (χ3n) is 6.62. The Morgan fingerprint density at radius 2 is 1.52 bits per heavy atom. The van der Waals surface area contributed by atoms with E-state index in [0.717, 1.165) is 0 Å². The van der Waals surface area contributed by atoms with E-state index in [9.17, 15) is 0 Å². The SMILES string of the molecule is C1CC[Si]C1.CC1=Cc2ccccc2C1[CH-]C1C=Cc2c(-c3ccccc3)cccc21.[CH3-].[Zr+2]. The Morgan fingerprint density at radius 3 is 2.24 bits per heavy atom. The zero-order chi connectivity index (χ0) is 21.0. The van der Waals surface area contributed by atoms with Crippen LogP contribution in [0.3, 0.4) is 0 Å². The summed E-state index contributed by atoms with van der Waals surface area (Å²) >= 11 is 0. The van der Waals surface area contributed by atoms with Crippen molar-refractivity contribution in [2.24, 2.45) is 0 Å². The van der Waals surface area contributed by atoms with E-state index in [1.54, 1.807) is 0 Å². The Labute approximate surface area is 222 Å². The maximum atomic E-state index is 2.51.